The molecule has 2 N–H and O–H groups in total. The van der Waals surface area contributed by atoms with Crippen LogP contribution in [0.5, 0.6) is 5.88 Å². The number of aliphatic carboxylic acids is 1. The maximum atomic E-state index is 12.2. The Kier molecular flexibility index (Phi) is 4.56. The molecule has 2 amide bonds. The van der Waals surface area contributed by atoms with E-state index in [1.807, 2.05) is 0 Å². The predicted molar refractivity (Wildman–Crippen MR) is 74.3 cm³/mol. The number of nitrogens with one attached hydrogen (secondary N) is 1. The number of aromatic nitrogens is 2. The van der Waals surface area contributed by atoms with E-state index in [4.69, 9.17) is 9.84 Å². The van der Waals surface area contributed by atoms with E-state index in [1.165, 1.54) is 12.0 Å². The second-order valence-electron chi connectivity index (χ2n) is 5.02. The molecule has 0 bridgehead atoms. The molecule has 0 spiro atoms. The Labute approximate surface area is 122 Å². The summed E-state index contributed by atoms with van der Waals surface area (Å²) in [6, 6.07) is 1.12. The summed E-state index contributed by atoms with van der Waals surface area (Å²) in [6.45, 7) is 1.84. The van der Waals surface area contributed by atoms with E-state index in [1.54, 1.807) is 13.0 Å². The molecular weight excluding hydrogens is 276 g/mol. The minimum absolute atomic E-state index is 0.100. The van der Waals surface area contributed by atoms with Crippen molar-refractivity contribution in [2.24, 2.45) is 5.92 Å². The van der Waals surface area contributed by atoms with E-state index in [-0.39, 0.29) is 12.5 Å². The summed E-state index contributed by atoms with van der Waals surface area (Å²) in [5, 5.41) is 11.4. The van der Waals surface area contributed by atoms with Gasteiger partial charge in [0.05, 0.1) is 7.11 Å². The standard InChI is InChI=1S/C13H18N4O4/c1-8-5-10(21-2)15-12(14-8)16-13(20)17(7-11(18)19)6-9-3-4-9/h5,9H,3-4,6-7H2,1-2H3,(H,18,19)(H,14,15,16,20). The van der Waals surface area contributed by atoms with Crippen molar-refractivity contribution in [1.29, 1.82) is 0 Å². The predicted octanol–water partition coefficient (Wildman–Crippen LogP) is 1.12. The second kappa shape index (κ2) is 6.38. The quantitative estimate of drug-likeness (QED) is 0.814. The zero-order chi connectivity index (χ0) is 15.4. The van der Waals surface area contributed by atoms with Crippen LogP contribution in [-0.4, -0.2) is 52.2 Å². The van der Waals surface area contributed by atoms with E-state index in [0.717, 1.165) is 12.8 Å². The van der Waals surface area contributed by atoms with Crippen molar-refractivity contribution < 1.29 is 19.4 Å². The van der Waals surface area contributed by atoms with Gasteiger partial charge in [0.1, 0.15) is 6.54 Å². The zero-order valence-electron chi connectivity index (χ0n) is 12.0. The maximum Gasteiger partial charge on any atom is 0.324 e. The normalized spacial score (nSPS) is 13.6. The number of urea groups is 1. The fourth-order valence-corrected chi connectivity index (χ4v) is 1.87. The van der Waals surface area contributed by atoms with Crippen LogP contribution in [-0.2, 0) is 4.79 Å². The van der Waals surface area contributed by atoms with Crippen LogP contribution in [0.4, 0.5) is 10.7 Å². The molecule has 2 rings (SSSR count). The number of hydrogen-bond donors (Lipinski definition) is 2. The average molecular weight is 294 g/mol. The topological polar surface area (TPSA) is 105 Å². The average Bonchev–Trinajstić information content (AvgIpc) is 3.20. The number of ether oxygens (including phenoxy) is 1. The molecule has 1 aromatic rings. The van der Waals surface area contributed by atoms with E-state index in [9.17, 15) is 9.59 Å². The number of carbonyl (C=O) groups is 2. The molecule has 0 atom stereocenters. The van der Waals surface area contributed by atoms with E-state index in [2.05, 4.69) is 15.3 Å². The summed E-state index contributed by atoms with van der Waals surface area (Å²) in [5.74, 6) is -0.218. The molecule has 8 heteroatoms. The van der Waals surface area contributed by atoms with E-state index in [0.29, 0.717) is 24.0 Å². The van der Waals surface area contributed by atoms with Gasteiger partial charge in [0, 0.05) is 18.3 Å². The second-order valence-corrected chi connectivity index (χ2v) is 5.02. The Bertz CT molecular complexity index is 545. The molecular formula is C13H18N4O4. The largest absolute Gasteiger partial charge is 0.481 e. The van der Waals surface area contributed by atoms with Crippen LogP contribution in [0.15, 0.2) is 6.07 Å². The van der Waals surface area contributed by atoms with Gasteiger partial charge < -0.3 is 14.7 Å². The Morgan fingerprint density at radius 1 is 1.48 bits per heavy atom. The van der Waals surface area contributed by atoms with Gasteiger partial charge in [-0.2, -0.15) is 4.98 Å². The first-order chi connectivity index (χ1) is 9.97. The Hall–Kier alpha value is -2.38. The molecule has 1 saturated carbocycles. The van der Waals surface area contributed by atoms with Crippen LogP contribution in [0.1, 0.15) is 18.5 Å². The van der Waals surface area contributed by atoms with Gasteiger partial charge in [-0.15, -0.1) is 0 Å². The molecule has 1 aliphatic carbocycles. The van der Waals surface area contributed by atoms with Crippen molar-refractivity contribution in [3.05, 3.63) is 11.8 Å². The van der Waals surface area contributed by atoms with Gasteiger partial charge in [0.2, 0.25) is 11.8 Å². The number of carbonyl (C=O) groups excluding carboxylic acids is 1. The first-order valence-corrected chi connectivity index (χ1v) is 6.65. The number of aryl methyl sites for hydroxylation is 1. The number of carboxylic acids is 1. The van der Waals surface area contributed by atoms with E-state index < -0.39 is 12.0 Å². The lowest BCUT2D eigenvalue weighted by Gasteiger charge is -2.20. The van der Waals surface area contributed by atoms with Gasteiger partial charge in [0.25, 0.3) is 0 Å². The lowest BCUT2D eigenvalue weighted by molar-refractivity contribution is -0.137. The number of rotatable bonds is 6. The van der Waals surface area contributed by atoms with E-state index >= 15 is 0 Å². The van der Waals surface area contributed by atoms with Gasteiger partial charge in [-0.3, -0.25) is 10.1 Å². The number of nitrogens with zero attached hydrogens (tertiary/aromatic N) is 3. The Morgan fingerprint density at radius 2 is 2.19 bits per heavy atom. The molecule has 0 aromatic carbocycles. The monoisotopic (exact) mass is 294 g/mol. The fraction of sp³-hybridized carbons (Fsp3) is 0.538. The van der Waals surface area contributed by atoms with Crippen molar-refractivity contribution in [3.8, 4) is 5.88 Å². The van der Waals surface area contributed by atoms with Crippen molar-refractivity contribution in [2.45, 2.75) is 19.8 Å². The number of amides is 2. The molecule has 1 aromatic heterocycles. The zero-order valence-corrected chi connectivity index (χ0v) is 12.0. The molecule has 21 heavy (non-hydrogen) atoms. The van der Waals surface area contributed by atoms with Gasteiger partial charge >= 0.3 is 12.0 Å². The van der Waals surface area contributed by atoms with Crippen LogP contribution in [0.25, 0.3) is 0 Å². The molecule has 0 saturated heterocycles. The Morgan fingerprint density at radius 3 is 2.76 bits per heavy atom. The number of methoxy groups -OCH3 is 1. The minimum atomic E-state index is -1.05. The summed E-state index contributed by atoms with van der Waals surface area (Å²) >= 11 is 0. The third kappa shape index (κ3) is 4.59. The molecule has 0 unspecified atom stereocenters. The SMILES string of the molecule is COc1cc(C)nc(NC(=O)N(CC(=O)O)CC2CC2)n1. The highest BCUT2D eigenvalue weighted by molar-refractivity contribution is 5.89. The van der Waals surface area contributed by atoms with Crippen LogP contribution < -0.4 is 10.1 Å². The summed E-state index contributed by atoms with van der Waals surface area (Å²) in [6.07, 6.45) is 2.05. The summed E-state index contributed by atoms with van der Waals surface area (Å²) in [5.41, 5.74) is 0.643. The van der Waals surface area contributed by atoms with Crippen molar-refractivity contribution in [3.63, 3.8) is 0 Å². The highest BCUT2D eigenvalue weighted by atomic mass is 16.5. The fourth-order valence-electron chi connectivity index (χ4n) is 1.87. The van der Waals surface area contributed by atoms with Crippen LogP contribution >= 0.6 is 0 Å². The third-order valence-electron chi connectivity index (χ3n) is 3.05. The minimum Gasteiger partial charge on any atom is -0.481 e. The smallest absolute Gasteiger partial charge is 0.324 e. The number of carboxylic acid groups (broad SMARTS) is 1. The van der Waals surface area contributed by atoms with Crippen LogP contribution in [0, 0.1) is 12.8 Å². The van der Waals surface area contributed by atoms with Gasteiger partial charge in [-0.25, -0.2) is 9.78 Å². The molecule has 114 valence electrons. The van der Waals surface area contributed by atoms with Crippen molar-refractivity contribution in [1.82, 2.24) is 14.9 Å². The molecule has 1 fully saturated rings. The van der Waals surface area contributed by atoms with Gasteiger partial charge in [0.15, 0.2) is 0 Å². The summed E-state index contributed by atoms with van der Waals surface area (Å²) < 4.78 is 5.01. The van der Waals surface area contributed by atoms with Gasteiger partial charge in [-0.1, -0.05) is 0 Å². The van der Waals surface area contributed by atoms with Gasteiger partial charge in [-0.05, 0) is 25.7 Å². The molecule has 1 heterocycles. The summed E-state index contributed by atoms with van der Waals surface area (Å²) in [7, 11) is 1.47. The molecule has 0 radical (unpaired) electrons. The number of anilines is 1. The Balaban J connectivity index is 2.06. The lowest BCUT2D eigenvalue weighted by Crippen LogP contribution is -2.40. The van der Waals surface area contributed by atoms with Crippen molar-refractivity contribution in [2.75, 3.05) is 25.5 Å². The first-order valence-electron chi connectivity index (χ1n) is 6.65. The van der Waals surface area contributed by atoms with Crippen LogP contribution in [0.3, 0.4) is 0 Å². The van der Waals surface area contributed by atoms with Crippen LogP contribution in [0.2, 0.25) is 0 Å². The highest BCUT2D eigenvalue weighted by Crippen LogP contribution is 2.29. The highest BCUT2D eigenvalue weighted by Gasteiger charge is 2.28. The number of hydrogen-bond acceptors (Lipinski definition) is 5. The molecule has 8 nitrogen and oxygen atoms in total. The maximum absolute atomic E-state index is 12.2. The molecule has 1 aliphatic rings. The van der Waals surface area contributed by atoms with Crippen molar-refractivity contribution >= 4 is 17.9 Å². The third-order valence-corrected chi connectivity index (χ3v) is 3.05. The molecule has 0 aliphatic heterocycles. The first kappa shape index (κ1) is 15.0. The lowest BCUT2D eigenvalue weighted by atomic mass is 10.3. The summed E-state index contributed by atoms with van der Waals surface area (Å²) in [4.78, 5) is 32.4.